The van der Waals surface area contributed by atoms with E-state index in [2.05, 4.69) is 5.32 Å². The molecule has 1 aromatic rings. The number of ether oxygens (including phenoxy) is 2. The predicted molar refractivity (Wildman–Crippen MR) is 71.4 cm³/mol. The molecule has 2 aliphatic heterocycles. The van der Waals surface area contributed by atoms with Gasteiger partial charge in [-0.2, -0.15) is 0 Å². The molecule has 6 heteroatoms. The summed E-state index contributed by atoms with van der Waals surface area (Å²) in [5.41, 5.74) is 0.494. The van der Waals surface area contributed by atoms with Crippen molar-refractivity contribution in [2.24, 2.45) is 11.8 Å². The van der Waals surface area contributed by atoms with Crippen LogP contribution in [0.1, 0.15) is 0 Å². The number of nitrogens with one attached hydrogen (secondary N) is 1. The van der Waals surface area contributed by atoms with Gasteiger partial charge in [-0.05, 0) is 12.1 Å². The molecule has 2 heterocycles. The summed E-state index contributed by atoms with van der Waals surface area (Å²) in [6.07, 6.45) is 2.27. The van der Waals surface area contributed by atoms with Gasteiger partial charge in [-0.1, -0.05) is 24.3 Å². The van der Waals surface area contributed by atoms with Gasteiger partial charge in [-0.25, -0.2) is 0 Å². The van der Waals surface area contributed by atoms with Crippen LogP contribution in [0.25, 0.3) is 0 Å². The minimum Gasteiger partial charge on any atom is -0.550 e. The lowest BCUT2D eigenvalue weighted by Gasteiger charge is -2.25. The summed E-state index contributed by atoms with van der Waals surface area (Å²) in [6.45, 7) is 0. The Labute approximate surface area is 121 Å². The molecule has 0 saturated carbocycles. The van der Waals surface area contributed by atoms with E-state index in [1.165, 1.54) is 7.11 Å². The first kappa shape index (κ1) is 13.6. The maximum atomic E-state index is 12.4. The van der Waals surface area contributed by atoms with Gasteiger partial charge in [0, 0.05) is 11.9 Å². The molecule has 110 valence electrons. The highest BCUT2D eigenvalue weighted by Gasteiger charge is 2.50. The maximum absolute atomic E-state index is 12.4. The van der Waals surface area contributed by atoms with E-state index in [0.717, 1.165) is 0 Å². The topological polar surface area (TPSA) is 87.7 Å². The van der Waals surface area contributed by atoms with Crippen LogP contribution in [0, 0.1) is 11.8 Å². The fourth-order valence-electron chi connectivity index (χ4n) is 2.87. The first-order valence-electron chi connectivity index (χ1n) is 6.60. The zero-order chi connectivity index (χ0) is 15.0. The molecule has 6 nitrogen and oxygen atoms in total. The lowest BCUT2D eigenvalue weighted by atomic mass is 9.82. The number of carboxylic acid groups (broad SMARTS) is 1. The zero-order valence-electron chi connectivity index (χ0n) is 11.3. The van der Waals surface area contributed by atoms with E-state index in [0.29, 0.717) is 11.4 Å². The van der Waals surface area contributed by atoms with Gasteiger partial charge in [0.15, 0.2) is 0 Å². The monoisotopic (exact) mass is 288 g/mol. The lowest BCUT2D eigenvalue weighted by Crippen LogP contribution is -2.45. The van der Waals surface area contributed by atoms with Gasteiger partial charge < -0.3 is 24.7 Å². The van der Waals surface area contributed by atoms with Gasteiger partial charge in [0.25, 0.3) is 0 Å². The molecule has 0 radical (unpaired) electrons. The third kappa shape index (κ3) is 2.27. The number of methoxy groups -OCH3 is 1. The number of anilines is 1. The molecule has 1 aromatic carbocycles. The zero-order valence-corrected chi connectivity index (χ0v) is 11.3. The largest absolute Gasteiger partial charge is 0.550 e. The number of fused-ring (bicyclic) bond motifs is 2. The molecule has 21 heavy (non-hydrogen) atoms. The predicted octanol–water partition coefficient (Wildman–Crippen LogP) is -0.0468. The van der Waals surface area contributed by atoms with E-state index >= 15 is 0 Å². The number of benzene rings is 1. The van der Waals surface area contributed by atoms with Crippen molar-refractivity contribution in [3.05, 3.63) is 36.4 Å². The second-order valence-electron chi connectivity index (χ2n) is 5.01. The van der Waals surface area contributed by atoms with Crippen LogP contribution in [0.3, 0.4) is 0 Å². The van der Waals surface area contributed by atoms with Crippen LogP contribution in [0.5, 0.6) is 5.75 Å². The normalized spacial score (nSPS) is 29.4. The highest BCUT2D eigenvalue weighted by Crippen LogP contribution is 2.39. The van der Waals surface area contributed by atoms with Crippen molar-refractivity contribution < 1.29 is 24.2 Å². The molecule has 0 unspecified atom stereocenters. The number of rotatable bonds is 4. The van der Waals surface area contributed by atoms with E-state index in [1.54, 1.807) is 36.4 Å². The second kappa shape index (κ2) is 5.21. The first-order valence-corrected chi connectivity index (χ1v) is 6.60. The van der Waals surface area contributed by atoms with Crippen molar-refractivity contribution in [3.63, 3.8) is 0 Å². The van der Waals surface area contributed by atoms with Gasteiger partial charge in [-0.3, -0.25) is 4.79 Å². The van der Waals surface area contributed by atoms with Gasteiger partial charge in [-0.15, -0.1) is 0 Å². The van der Waals surface area contributed by atoms with E-state index in [4.69, 9.17) is 9.47 Å². The lowest BCUT2D eigenvalue weighted by molar-refractivity contribution is -0.313. The van der Waals surface area contributed by atoms with Crippen LogP contribution in [0.15, 0.2) is 36.4 Å². The Morgan fingerprint density at radius 2 is 1.86 bits per heavy atom. The van der Waals surface area contributed by atoms with Crippen LogP contribution in [-0.4, -0.2) is 31.2 Å². The third-order valence-electron chi connectivity index (χ3n) is 3.84. The number of carbonyl (C=O) groups excluding carboxylic acids is 2. The van der Waals surface area contributed by atoms with Crippen LogP contribution in [0.4, 0.5) is 5.69 Å². The Hall–Kier alpha value is -2.34. The Morgan fingerprint density at radius 3 is 2.52 bits per heavy atom. The minimum absolute atomic E-state index is 0.412. The summed E-state index contributed by atoms with van der Waals surface area (Å²) >= 11 is 0. The SMILES string of the molecule is COc1ccccc1NC(=O)[C@H]1[C@@H](C(=O)[O-])[C@@H]2C=C[C@H]1O2. The molecule has 0 aliphatic carbocycles. The van der Waals surface area contributed by atoms with Crippen molar-refractivity contribution in [3.8, 4) is 5.75 Å². The number of carbonyl (C=O) groups is 2. The molecular weight excluding hydrogens is 274 g/mol. The molecule has 1 fully saturated rings. The average molecular weight is 288 g/mol. The van der Waals surface area contributed by atoms with E-state index in [9.17, 15) is 14.7 Å². The highest BCUT2D eigenvalue weighted by molar-refractivity contribution is 5.97. The average Bonchev–Trinajstić information content (AvgIpc) is 3.08. The minimum atomic E-state index is -1.27. The highest BCUT2D eigenvalue weighted by atomic mass is 16.5. The van der Waals surface area contributed by atoms with Gasteiger partial charge in [0.2, 0.25) is 5.91 Å². The molecule has 0 spiro atoms. The quantitative estimate of drug-likeness (QED) is 0.785. The Balaban J connectivity index is 1.82. The van der Waals surface area contributed by atoms with Gasteiger partial charge >= 0.3 is 0 Å². The Morgan fingerprint density at radius 1 is 1.19 bits per heavy atom. The van der Waals surface area contributed by atoms with Crippen molar-refractivity contribution >= 4 is 17.6 Å². The molecule has 0 aromatic heterocycles. The summed E-state index contributed by atoms with van der Waals surface area (Å²) in [6, 6.07) is 6.94. The number of hydrogen-bond donors (Lipinski definition) is 1. The Bertz CT molecular complexity index is 612. The van der Waals surface area contributed by atoms with Crippen LogP contribution >= 0.6 is 0 Å². The van der Waals surface area contributed by atoms with Crippen LogP contribution in [-0.2, 0) is 14.3 Å². The second-order valence-corrected chi connectivity index (χ2v) is 5.01. The van der Waals surface area contributed by atoms with E-state index in [1.807, 2.05) is 0 Å². The van der Waals surface area contributed by atoms with Crippen LogP contribution in [0.2, 0.25) is 0 Å². The maximum Gasteiger partial charge on any atom is 0.231 e. The molecule has 4 atom stereocenters. The molecule has 2 bridgehead atoms. The van der Waals surface area contributed by atoms with E-state index < -0.39 is 35.9 Å². The van der Waals surface area contributed by atoms with Crippen molar-refractivity contribution in [1.82, 2.24) is 0 Å². The summed E-state index contributed by atoms with van der Waals surface area (Å²) in [5, 5.41) is 14.0. The third-order valence-corrected chi connectivity index (χ3v) is 3.84. The molecule has 1 saturated heterocycles. The number of hydrogen-bond acceptors (Lipinski definition) is 5. The first-order chi connectivity index (χ1) is 10.1. The summed E-state index contributed by atoms with van der Waals surface area (Å²) in [4.78, 5) is 23.7. The van der Waals surface area contributed by atoms with Crippen molar-refractivity contribution in [2.75, 3.05) is 12.4 Å². The Kier molecular flexibility index (Phi) is 3.39. The summed E-state index contributed by atoms with van der Waals surface area (Å²) < 4.78 is 10.6. The number of para-hydroxylation sites is 2. The van der Waals surface area contributed by atoms with Crippen molar-refractivity contribution in [1.29, 1.82) is 0 Å². The standard InChI is InChI=1S/C15H15NO5/c1-20-9-5-3-2-4-8(9)16-14(17)12-10-6-7-11(21-10)13(12)15(18)19/h2-7,10-13H,1H3,(H,16,17)(H,18,19)/p-1/t10-,11+,12-,13+/m1/s1. The smallest absolute Gasteiger partial charge is 0.231 e. The number of carboxylic acids is 1. The number of amides is 1. The summed E-state index contributed by atoms with van der Waals surface area (Å²) in [7, 11) is 1.50. The van der Waals surface area contributed by atoms with Gasteiger partial charge in [0.05, 0.1) is 30.9 Å². The van der Waals surface area contributed by atoms with Gasteiger partial charge in [0.1, 0.15) is 5.75 Å². The molecule has 1 amide bonds. The molecular formula is C15H14NO5-. The molecule has 3 rings (SSSR count). The fraction of sp³-hybridized carbons (Fsp3) is 0.333. The molecule has 2 aliphatic rings. The fourth-order valence-corrected chi connectivity index (χ4v) is 2.87. The van der Waals surface area contributed by atoms with Crippen LogP contribution < -0.4 is 15.2 Å². The molecule has 1 N–H and O–H groups in total. The van der Waals surface area contributed by atoms with E-state index in [-0.39, 0.29) is 0 Å². The van der Waals surface area contributed by atoms with Crippen molar-refractivity contribution in [2.45, 2.75) is 12.2 Å². The summed E-state index contributed by atoms with van der Waals surface area (Å²) in [5.74, 6) is -2.93. The number of aliphatic carboxylic acids is 1.